The number of thiol groups is 1. The zero-order valence-corrected chi connectivity index (χ0v) is 28.8. The summed E-state index contributed by atoms with van der Waals surface area (Å²) < 4.78 is 7.15. The van der Waals surface area contributed by atoms with Gasteiger partial charge in [0, 0.05) is 32.1 Å². The standard InChI is InChI=1S/C15H17BrN6O.C15H18N6O.BHNS/c16-12-2-1-11-14(17-9-18-22(11)12)19-13-7-15(23-20-13)8-21-5-3-10(15)4-6-21;1-2-12-14(16-10-17-21(12)5-1)18-13-8-15(22-19-13)9-20-6-3-11(15)4-7-20;1-2-3/h1-2,9-10H,3-8H2,(H,17,18,19,20);1-2,5,10-11H,3-4,6-9H2,(H,16,17,18,19);3H. The molecule has 8 aliphatic rings. The van der Waals surface area contributed by atoms with Crippen LogP contribution in [0.5, 0.6) is 0 Å². The molecule has 249 valence electrons. The molecule has 4 aromatic heterocycles. The summed E-state index contributed by atoms with van der Waals surface area (Å²) in [6.45, 7) is 6.82. The zero-order valence-electron chi connectivity index (χ0n) is 26.3. The van der Waals surface area contributed by atoms with E-state index < -0.39 is 0 Å². The average Bonchev–Trinajstić information content (AvgIpc) is 3.92. The second kappa shape index (κ2) is 13.2. The fourth-order valence-electron chi connectivity index (χ4n) is 8.21. The number of nitrogens with one attached hydrogen (secondary N) is 2. The zero-order chi connectivity index (χ0) is 32.7. The number of nitrogens with zero attached hydrogens (tertiary/aromatic N) is 11. The molecule has 2 N–H and O–H groups in total. The van der Waals surface area contributed by atoms with Crippen LogP contribution in [0.3, 0.4) is 0 Å². The Labute approximate surface area is 292 Å². The van der Waals surface area contributed by atoms with Gasteiger partial charge in [-0.05, 0) is 104 Å². The molecule has 2 atom stereocenters. The second-order valence-corrected chi connectivity index (χ2v) is 14.2. The van der Waals surface area contributed by atoms with Gasteiger partial charge in [0.15, 0.2) is 11.6 Å². The summed E-state index contributed by atoms with van der Waals surface area (Å²) in [5.41, 5.74) is 7.71. The molecule has 12 rings (SSSR count). The molecule has 2 unspecified atom stereocenters. The van der Waals surface area contributed by atoms with E-state index in [0.717, 1.165) is 53.2 Å². The number of hydrogen-bond acceptors (Lipinski definition) is 12. The normalized spacial score (nSPS) is 33.1. The Morgan fingerprint density at radius 2 is 1.35 bits per heavy atom. The smallest absolute Gasteiger partial charge is 0.181 e. The molecule has 12 heterocycles. The van der Waals surface area contributed by atoms with Gasteiger partial charge in [0.2, 0.25) is 0 Å². The minimum absolute atomic E-state index is 0.0966. The monoisotopic (exact) mass is 732 g/mol. The third kappa shape index (κ3) is 5.96. The average molecular weight is 733 g/mol. The van der Waals surface area contributed by atoms with E-state index in [1.54, 1.807) is 9.03 Å². The van der Waals surface area contributed by atoms with Crippen molar-refractivity contribution in [3.8, 4) is 0 Å². The molecule has 48 heavy (non-hydrogen) atoms. The molecule has 4 aromatic rings. The molecule has 0 saturated carbocycles. The van der Waals surface area contributed by atoms with Crippen molar-refractivity contribution in [1.82, 2.24) is 50.0 Å². The number of aromatic nitrogens is 6. The van der Waals surface area contributed by atoms with Crippen LogP contribution in [0.15, 0.2) is 62.0 Å². The summed E-state index contributed by atoms with van der Waals surface area (Å²) in [5, 5.41) is 8.39. The third-order valence-corrected chi connectivity index (χ3v) is 11.1. The van der Waals surface area contributed by atoms with Crippen LogP contribution in [0, 0.1) is 11.8 Å². The summed E-state index contributed by atoms with van der Waals surface area (Å²) in [4.78, 5) is 35.1. The quantitative estimate of drug-likeness (QED) is 0.208. The van der Waals surface area contributed by atoms with Crippen LogP contribution in [0.4, 0.5) is 11.6 Å². The van der Waals surface area contributed by atoms with Crippen molar-refractivity contribution in [2.45, 2.75) is 49.7 Å². The van der Waals surface area contributed by atoms with E-state index in [1.165, 1.54) is 64.5 Å². The summed E-state index contributed by atoms with van der Waals surface area (Å²) in [6, 6.07) is 7.82. The fraction of sp³-hybridized carbons (Fsp3) is 0.533. The van der Waals surface area contributed by atoms with E-state index in [2.05, 4.69) is 86.6 Å². The van der Waals surface area contributed by atoms with Crippen molar-refractivity contribution in [1.29, 1.82) is 0 Å². The van der Waals surface area contributed by atoms with E-state index in [1.807, 2.05) is 30.5 Å². The van der Waals surface area contributed by atoms with Crippen LogP contribution in [0.25, 0.3) is 11.0 Å². The van der Waals surface area contributed by atoms with Crippen LogP contribution in [-0.4, -0.2) is 109 Å². The van der Waals surface area contributed by atoms with Crippen molar-refractivity contribution in [2.75, 3.05) is 39.3 Å². The third-order valence-electron chi connectivity index (χ3n) is 10.5. The van der Waals surface area contributed by atoms with Gasteiger partial charge in [0.25, 0.3) is 0 Å². The molecule has 8 aliphatic heterocycles. The number of hydrogen-bond donors (Lipinski definition) is 3. The number of hydroxylamine groups is 2. The van der Waals surface area contributed by atoms with Gasteiger partial charge in [0.1, 0.15) is 51.2 Å². The molecule has 2 spiro atoms. The van der Waals surface area contributed by atoms with Crippen molar-refractivity contribution in [3.05, 3.63) is 47.7 Å². The van der Waals surface area contributed by atoms with E-state index in [0.29, 0.717) is 23.5 Å². The summed E-state index contributed by atoms with van der Waals surface area (Å²) in [5.74, 6) is 4.34. The number of rotatable bonds is 2. The van der Waals surface area contributed by atoms with E-state index in [4.69, 9.17) is 14.7 Å². The van der Waals surface area contributed by atoms with Gasteiger partial charge in [-0.15, -0.1) is 0 Å². The number of aliphatic imine (C=N–C) groups is 2. The first-order valence-corrected chi connectivity index (χ1v) is 17.5. The van der Waals surface area contributed by atoms with Crippen LogP contribution in [-0.2, 0) is 9.68 Å². The van der Waals surface area contributed by atoms with Crippen molar-refractivity contribution in [2.24, 2.45) is 26.1 Å². The second-order valence-electron chi connectivity index (χ2n) is 13.2. The van der Waals surface area contributed by atoms with E-state index in [-0.39, 0.29) is 11.2 Å². The molecule has 18 heteroatoms. The Kier molecular flexibility index (Phi) is 8.79. The van der Waals surface area contributed by atoms with Gasteiger partial charge in [-0.2, -0.15) is 10.2 Å². The van der Waals surface area contributed by atoms with E-state index >= 15 is 0 Å². The first kappa shape index (κ1) is 32.0. The van der Waals surface area contributed by atoms with E-state index in [9.17, 15) is 0 Å². The van der Waals surface area contributed by atoms with Crippen molar-refractivity contribution in [3.63, 3.8) is 0 Å². The van der Waals surface area contributed by atoms with Crippen LogP contribution in [0.1, 0.15) is 38.5 Å². The first-order chi connectivity index (χ1) is 23.5. The minimum atomic E-state index is -0.110. The molecule has 8 fully saturated rings. The van der Waals surface area contributed by atoms with Crippen LogP contribution >= 0.6 is 28.7 Å². The first-order valence-electron chi connectivity index (χ1n) is 16.3. The number of amidine groups is 2. The van der Waals surface area contributed by atoms with Gasteiger partial charge in [-0.3, -0.25) is 20.6 Å². The minimum Gasteiger partial charge on any atom is -0.300 e. The summed E-state index contributed by atoms with van der Waals surface area (Å²) in [6.07, 6.45) is 11.5. The van der Waals surface area contributed by atoms with Crippen LogP contribution < -0.4 is 11.0 Å². The predicted molar refractivity (Wildman–Crippen MR) is 186 cm³/mol. The summed E-state index contributed by atoms with van der Waals surface area (Å²) in [7, 11) is 4.34. The Hall–Kier alpha value is -3.29. The molecule has 4 bridgehead atoms. The molecule has 15 nitrogen and oxygen atoms in total. The molecule has 8 saturated heterocycles. The molecular weight excluding hydrogens is 697 g/mol. The fourth-order valence-corrected chi connectivity index (χ4v) is 8.62. The number of piperidine rings is 6. The van der Waals surface area contributed by atoms with Gasteiger partial charge < -0.3 is 9.80 Å². The maximum absolute atomic E-state index is 6.04. The Bertz CT molecular complexity index is 1870. The van der Waals surface area contributed by atoms with Gasteiger partial charge in [-0.25, -0.2) is 29.0 Å². The molecule has 0 aromatic carbocycles. The van der Waals surface area contributed by atoms with Crippen LogP contribution in [0.2, 0.25) is 0 Å². The molecule has 0 aliphatic carbocycles. The SMILES string of the molecule is Brc1ccc2c(N=C3CC4(CN5CCC4CC5)ON3)ncnn12.[B]=NS.c1cc2c(N=C3CC4(CN5CCC4CC5)ON3)ncnn2c1. The van der Waals surface area contributed by atoms with Gasteiger partial charge >= 0.3 is 24.8 Å². The Morgan fingerprint density at radius 1 is 0.812 bits per heavy atom. The predicted octanol–water partition coefficient (Wildman–Crippen LogP) is 3.24. The maximum atomic E-state index is 6.04. The largest absolute Gasteiger partial charge is 0.300 e. The number of fused-ring (bicyclic) bond motifs is 6. The molecule has 0 amide bonds. The van der Waals surface area contributed by atoms with Gasteiger partial charge in [-0.1, -0.05) is 0 Å². The topological polar surface area (TPSA) is 146 Å². The van der Waals surface area contributed by atoms with Crippen molar-refractivity contribution < 1.29 is 9.68 Å². The van der Waals surface area contributed by atoms with Gasteiger partial charge in [0.05, 0.1) is 0 Å². The maximum Gasteiger partial charge on any atom is 0.181 e. The molecular formula is C30H36BBrN13O2S. The van der Waals surface area contributed by atoms with Crippen molar-refractivity contribution >= 4 is 70.7 Å². The Balaban J connectivity index is 0.000000130. The number of halogens is 1. The molecule has 1 radical (unpaired) electrons. The summed E-state index contributed by atoms with van der Waals surface area (Å²) >= 11 is 6.66. The Morgan fingerprint density at radius 3 is 1.90 bits per heavy atom.